The minimum atomic E-state index is -3.12. The summed E-state index contributed by atoms with van der Waals surface area (Å²) in [5, 5.41) is 0. The van der Waals surface area contributed by atoms with Gasteiger partial charge < -0.3 is 4.98 Å². The summed E-state index contributed by atoms with van der Waals surface area (Å²) < 4.78 is 26.3. The average molecular weight is 270 g/mol. The molecule has 0 radical (unpaired) electrons. The van der Waals surface area contributed by atoms with E-state index in [1.54, 1.807) is 4.31 Å². The van der Waals surface area contributed by atoms with Gasteiger partial charge in [0.15, 0.2) is 0 Å². The van der Waals surface area contributed by atoms with Crippen LogP contribution in [-0.2, 0) is 23.0 Å². The van der Waals surface area contributed by atoms with E-state index in [1.807, 2.05) is 27.0 Å². The Morgan fingerprint density at radius 1 is 1.44 bits per heavy atom. The van der Waals surface area contributed by atoms with Crippen molar-refractivity contribution >= 4 is 10.0 Å². The molecule has 102 valence electrons. The SMILES string of the molecule is Cc1c[nH]c2c1CN(S(=O)(=O)CC(C)C)CCC2. The van der Waals surface area contributed by atoms with Crippen molar-refractivity contribution in [2.45, 2.75) is 40.2 Å². The van der Waals surface area contributed by atoms with Gasteiger partial charge in [-0.25, -0.2) is 8.42 Å². The van der Waals surface area contributed by atoms with Gasteiger partial charge in [-0.05, 0) is 36.8 Å². The Hall–Kier alpha value is -0.810. The third-order valence-electron chi connectivity index (χ3n) is 3.41. The van der Waals surface area contributed by atoms with Gasteiger partial charge in [-0.3, -0.25) is 0 Å². The van der Waals surface area contributed by atoms with Crippen LogP contribution in [0.1, 0.15) is 37.1 Å². The number of rotatable bonds is 3. The number of sulfonamides is 1. The Balaban J connectivity index is 2.24. The summed E-state index contributed by atoms with van der Waals surface area (Å²) in [5.74, 6) is 0.413. The van der Waals surface area contributed by atoms with E-state index in [2.05, 4.69) is 4.98 Å². The molecular formula is C13H22N2O2S. The van der Waals surface area contributed by atoms with Crippen molar-refractivity contribution < 1.29 is 8.42 Å². The number of aromatic amines is 1. The predicted octanol–water partition coefficient (Wildman–Crippen LogP) is 2.06. The Kier molecular flexibility index (Phi) is 3.82. The first-order valence-electron chi connectivity index (χ1n) is 6.53. The molecule has 0 amide bonds. The van der Waals surface area contributed by atoms with E-state index < -0.39 is 10.0 Å². The monoisotopic (exact) mass is 270 g/mol. The second kappa shape index (κ2) is 5.05. The largest absolute Gasteiger partial charge is 0.364 e. The quantitative estimate of drug-likeness (QED) is 0.914. The van der Waals surface area contributed by atoms with E-state index in [4.69, 9.17) is 0 Å². The summed E-state index contributed by atoms with van der Waals surface area (Å²) in [5.41, 5.74) is 3.53. The number of fused-ring (bicyclic) bond motifs is 1. The molecule has 0 saturated heterocycles. The van der Waals surface area contributed by atoms with E-state index in [0.29, 0.717) is 13.1 Å². The molecule has 4 nitrogen and oxygen atoms in total. The second-order valence-corrected chi connectivity index (χ2v) is 7.55. The highest BCUT2D eigenvalue weighted by molar-refractivity contribution is 7.89. The summed E-state index contributed by atoms with van der Waals surface area (Å²) in [7, 11) is -3.12. The van der Waals surface area contributed by atoms with Crippen molar-refractivity contribution in [3.8, 4) is 0 Å². The van der Waals surface area contributed by atoms with Crippen LogP contribution in [0.4, 0.5) is 0 Å². The zero-order valence-electron chi connectivity index (χ0n) is 11.4. The highest BCUT2D eigenvalue weighted by Crippen LogP contribution is 2.23. The van der Waals surface area contributed by atoms with Gasteiger partial charge in [0.05, 0.1) is 5.75 Å². The van der Waals surface area contributed by atoms with Crippen LogP contribution in [0.2, 0.25) is 0 Å². The van der Waals surface area contributed by atoms with E-state index >= 15 is 0 Å². The van der Waals surface area contributed by atoms with Crippen molar-refractivity contribution in [1.82, 2.24) is 9.29 Å². The Morgan fingerprint density at radius 3 is 2.83 bits per heavy atom. The normalized spacial score (nSPS) is 17.8. The molecule has 1 aliphatic rings. The first-order valence-corrected chi connectivity index (χ1v) is 8.14. The summed E-state index contributed by atoms with van der Waals surface area (Å²) >= 11 is 0. The molecule has 0 aromatic carbocycles. The highest BCUT2D eigenvalue weighted by atomic mass is 32.2. The molecule has 1 N–H and O–H groups in total. The smallest absolute Gasteiger partial charge is 0.214 e. The predicted molar refractivity (Wildman–Crippen MR) is 72.9 cm³/mol. The second-order valence-electron chi connectivity index (χ2n) is 5.54. The number of H-pyrrole nitrogens is 1. The molecule has 0 spiro atoms. The van der Waals surface area contributed by atoms with Crippen LogP contribution in [0.5, 0.6) is 0 Å². The van der Waals surface area contributed by atoms with Crippen LogP contribution in [0.25, 0.3) is 0 Å². The average Bonchev–Trinajstić information content (AvgIpc) is 2.49. The first-order chi connectivity index (χ1) is 8.40. The van der Waals surface area contributed by atoms with Gasteiger partial charge in [-0.1, -0.05) is 13.8 Å². The van der Waals surface area contributed by atoms with E-state index in [-0.39, 0.29) is 11.7 Å². The number of nitrogens with one attached hydrogen (secondary N) is 1. The van der Waals surface area contributed by atoms with Gasteiger partial charge in [0.2, 0.25) is 10.0 Å². The molecule has 0 saturated carbocycles. The third kappa shape index (κ3) is 2.78. The lowest BCUT2D eigenvalue weighted by molar-refractivity contribution is 0.405. The van der Waals surface area contributed by atoms with Crippen LogP contribution < -0.4 is 0 Å². The van der Waals surface area contributed by atoms with Crippen molar-refractivity contribution in [2.24, 2.45) is 5.92 Å². The molecular weight excluding hydrogens is 248 g/mol. The molecule has 1 aromatic rings. The molecule has 5 heteroatoms. The fourth-order valence-corrected chi connectivity index (χ4v) is 4.29. The van der Waals surface area contributed by atoms with Gasteiger partial charge in [0.25, 0.3) is 0 Å². The number of aromatic nitrogens is 1. The summed E-state index contributed by atoms with van der Waals surface area (Å²) in [6.07, 6.45) is 3.81. The van der Waals surface area contributed by atoms with Crippen molar-refractivity contribution in [3.63, 3.8) is 0 Å². The molecule has 1 aromatic heterocycles. The number of hydrogen-bond donors (Lipinski definition) is 1. The Bertz CT molecular complexity index is 517. The third-order valence-corrected chi connectivity index (χ3v) is 5.60. The maximum Gasteiger partial charge on any atom is 0.214 e. The molecule has 2 heterocycles. The number of aryl methyl sites for hydroxylation is 2. The minimum absolute atomic E-state index is 0.171. The van der Waals surface area contributed by atoms with Crippen molar-refractivity contribution in [1.29, 1.82) is 0 Å². The molecule has 18 heavy (non-hydrogen) atoms. The standard InChI is InChI=1S/C13H22N2O2S/c1-10(2)9-18(16,17)15-6-4-5-13-12(8-15)11(3)7-14-13/h7,10,14H,4-6,8-9H2,1-3H3. The lowest BCUT2D eigenvalue weighted by Crippen LogP contribution is -2.34. The molecule has 0 aliphatic carbocycles. The molecule has 0 fully saturated rings. The van der Waals surface area contributed by atoms with Crippen LogP contribution in [-0.4, -0.2) is 30.0 Å². The fraction of sp³-hybridized carbons (Fsp3) is 0.692. The molecule has 0 atom stereocenters. The van der Waals surface area contributed by atoms with Crippen molar-refractivity contribution in [3.05, 3.63) is 23.0 Å². The van der Waals surface area contributed by atoms with Gasteiger partial charge >= 0.3 is 0 Å². The zero-order chi connectivity index (χ0) is 13.3. The van der Waals surface area contributed by atoms with Gasteiger partial charge in [-0.15, -0.1) is 0 Å². The van der Waals surface area contributed by atoms with Crippen LogP contribution in [0, 0.1) is 12.8 Å². The van der Waals surface area contributed by atoms with Crippen LogP contribution in [0.3, 0.4) is 0 Å². The molecule has 0 unspecified atom stereocenters. The Morgan fingerprint density at radius 2 is 2.17 bits per heavy atom. The topological polar surface area (TPSA) is 53.2 Å². The maximum atomic E-state index is 12.3. The number of hydrogen-bond acceptors (Lipinski definition) is 2. The summed E-state index contributed by atoms with van der Waals surface area (Å²) in [6.45, 7) is 7.09. The fourth-order valence-electron chi connectivity index (χ4n) is 2.50. The lowest BCUT2D eigenvalue weighted by atomic mass is 10.1. The lowest BCUT2D eigenvalue weighted by Gasteiger charge is -2.21. The molecule has 2 rings (SSSR count). The Labute approximate surface area is 109 Å². The van der Waals surface area contributed by atoms with Gasteiger partial charge in [-0.2, -0.15) is 4.31 Å². The van der Waals surface area contributed by atoms with Gasteiger partial charge in [0, 0.05) is 25.0 Å². The van der Waals surface area contributed by atoms with Gasteiger partial charge in [0.1, 0.15) is 0 Å². The van der Waals surface area contributed by atoms with E-state index in [1.165, 1.54) is 11.3 Å². The molecule has 0 bridgehead atoms. The van der Waals surface area contributed by atoms with E-state index in [0.717, 1.165) is 18.4 Å². The molecule has 1 aliphatic heterocycles. The summed E-state index contributed by atoms with van der Waals surface area (Å²) in [4.78, 5) is 3.26. The van der Waals surface area contributed by atoms with Crippen LogP contribution in [0.15, 0.2) is 6.20 Å². The summed E-state index contributed by atoms with van der Waals surface area (Å²) in [6, 6.07) is 0. The van der Waals surface area contributed by atoms with E-state index in [9.17, 15) is 8.42 Å². The van der Waals surface area contributed by atoms with Crippen molar-refractivity contribution in [2.75, 3.05) is 12.3 Å². The van der Waals surface area contributed by atoms with Crippen LogP contribution >= 0.6 is 0 Å². The number of nitrogens with zero attached hydrogens (tertiary/aromatic N) is 1. The zero-order valence-corrected chi connectivity index (χ0v) is 12.2. The first kappa shape index (κ1) is 13.6. The highest BCUT2D eigenvalue weighted by Gasteiger charge is 2.27. The minimum Gasteiger partial charge on any atom is -0.364 e. The maximum absolute atomic E-state index is 12.3.